The topological polar surface area (TPSA) is 105 Å². The van der Waals surface area contributed by atoms with Crippen molar-refractivity contribution in [3.05, 3.63) is 18.3 Å². The van der Waals surface area contributed by atoms with E-state index in [0.29, 0.717) is 6.42 Å². The van der Waals surface area contributed by atoms with Crippen molar-refractivity contribution in [2.45, 2.75) is 37.2 Å². The third-order valence-corrected chi connectivity index (χ3v) is 3.89. The summed E-state index contributed by atoms with van der Waals surface area (Å²) in [6.45, 7) is 3.49. The number of nitrogen functional groups attached to an aromatic ring is 1. The summed E-state index contributed by atoms with van der Waals surface area (Å²) >= 11 is 0. The third-order valence-electron chi connectivity index (χ3n) is 2.50. The van der Waals surface area contributed by atoms with E-state index in [2.05, 4.69) is 9.71 Å². The van der Waals surface area contributed by atoms with Gasteiger partial charge in [0, 0.05) is 12.7 Å². The van der Waals surface area contributed by atoms with Gasteiger partial charge in [0.15, 0.2) is 0 Å². The number of hydrogen-bond donors (Lipinski definition) is 3. The molecular weight excluding hydrogens is 254 g/mol. The van der Waals surface area contributed by atoms with Crippen molar-refractivity contribution in [2.24, 2.45) is 0 Å². The van der Waals surface area contributed by atoms with Gasteiger partial charge in [0.1, 0.15) is 10.7 Å². The molecule has 0 amide bonds. The molecule has 1 heterocycles. The molecule has 0 fully saturated rings. The van der Waals surface area contributed by atoms with Gasteiger partial charge in [-0.1, -0.05) is 13.3 Å². The first kappa shape index (κ1) is 14.9. The van der Waals surface area contributed by atoms with Gasteiger partial charge in [-0.25, -0.2) is 18.1 Å². The van der Waals surface area contributed by atoms with Crippen LogP contribution in [0.25, 0.3) is 0 Å². The Morgan fingerprint density at radius 1 is 1.50 bits per heavy atom. The zero-order valence-electron chi connectivity index (χ0n) is 10.5. The van der Waals surface area contributed by atoms with Crippen molar-refractivity contribution in [1.29, 1.82) is 0 Å². The Kier molecular flexibility index (Phi) is 4.66. The van der Waals surface area contributed by atoms with Crippen molar-refractivity contribution < 1.29 is 13.5 Å². The highest BCUT2D eigenvalue weighted by atomic mass is 32.2. The third kappa shape index (κ3) is 4.25. The lowest BCUT2D eigenvalue weighted by Gasteiger charge is -2.22. The van der Waals surface area contributed by atoms with Crippen molar-refractivity contribution in [3.8, 4) is 0 Å². The van der Waals surface area contributed by atoms with Crippen LogP contribution in [0, 0.1) is 0 Å². The van der Waals surface area contributed by atoms with Gasteiger partial charge in [0.25, 0.3) is 0 Å². The first-order valence-corrected chi connectivity index (χ1v) is 7.19. The number of anilines is 1. The van der Waals surface area contributed by atoms with Gasteiger partial charge in [0.2, 0.25) is 10.0 Å². The Labute approximate surface area is 107 Å². The molecule has 7 heteroatoms. The lowest BCUT2D eigenvalue weighted by molar-refractivity contribution is 0.0554. The van der Waals surface area contributed by atoms with Crippen LogP contribution in [0.15, 0.2) is 23.2 Å². The van der Waals surface area contributed by atoms with Gasteiger partial charge < -0.3 is 10.8 Å². The van der Waals surface area contributed by atoms with E-state index in [0.717, 1.165) is 6.42 Å². The molecule has 4 N–H and O–H groups in total. The Morgan fingerprint density at radius 3 is 2.67 bits per heavy atom. The molecule has 0 saturated carbocycles. The number of rotatable bonds is 6. The molecule has 0 radical (unpaired) electrons. The number of nitrogens with one attached hydrogen (secondary N) is 1. The maximum atomic E-state index is 11.9. The minimum atomic E-state index is -3.66. The van der Waals surface area contributed by atoms with Crippen LogP contribution in [0.4, 0.5) is 5.82 Å². The molecule has 1 aromatic heterocycles. The average molecular weight is 273 g/mol. The van der Waals surface area contributed by atoms with Crippen LogP contribution in [0.2, 0.25) is 0 Å². The number of aliphatic hydroxyl groups is 1. The molecule has 0 spiro atoms. The SMILES string of the molecule is CCCC(C)(O)CNS(=O)(=O)c1ccc(N)nc1. The Balaban J connectivity index is 2.74. The molecule has 0 aliphatic carbocycles. The standard InChI is InChI=1S/C11H19N3O3S/c1-3-6-11(2,15)8-14-18(16,17)9-4-5-10(12)13-7-9/h4-5,7,14-15H,3,6,8H2,1-2H3,(H2,12,13). The van der Waals surface area contributed by atoms with E-state index in [-0.39, 0.29) is 17.3 Å². The molecule has 1 unspecified atom stereocenters. The first-order valence-electron chi connectivity index (χ1n) is 5.70. The lowest BCUT2D eigenvalue weighted by Crippen LogP contribution is -2.40. The Bertz CT molecular complexity index is 483. The van der Waals surface area contributed by atoms with E-state index in [1.165, 1.54) is 18.3 Å². The fourth-order valence-corrected chi connectivity index (χ4v) is 2.62. The second-order valence-electron chi connectivity index (χ2n) is 4.49. The number of sulfonamides is 1. The number of aromatic nitrogens is 1. The Hall–Kier alpha value is -1.18. The normalized spacial score (nSPS) is 15.3. The fraction of sp³-hybridized carbons (Fsp3) is 0.545. The molecule has 0 bridgehead atoms. The second kappa shape index (κ2) is 5.64. The van der Waals surface area contributed by atoms with Crippen molar-refractivity contribution in [1.82, 2.24) is 9.71 Å². The summed E-state index contributed by atoms with van der Waals surface area (Å²) in [5.74, 6) is 0.256. The number of nitrogens with zero attached hydrogens (tertiary/aromatic N) is 1. The molecule has 0 aromatic carbocycles. The van der Waals surface area contributed by atoms with Crippen LogP contribution >= 0.6 is 0 Å². The largest absolute Gasteiger partial charge is 0.389 e. The summed E-state index contributed by atoms with van der Waals surface area (Å²) in [4.78, 5) is 3.75. The summed E-state index contributed by atoms with van der Waals surface area (Å²) in [7, 11) is -3.66. The van der Waals surface area contributed by atoms with Crippen LogP contribution in [-0.4, -0.2) is 30.7 Å². The summed E-state index contributed by atoms with van der Waals surface area (Å²) < 4.78 is 26.1. The summed E-state index contributed by atoms with van der Waals surface area (Å²) in [5, 5.41) is 9.91. The van der Waals surface area contributed by atoms with Gasteiger partial charge in [-0.15, -0.1) is 0 Å². The van der Waals surface area contributed by atoms with E-state index in [1.54, 1.807) is 6.92 Å². The zero-order valence-corrected chi connectivity index (χ0v) is 11.4. The van der Waals surface area contributed by atoms with E-state index in [4.69, 9.17) is 5.73 Å². The van der Waals surface area contributed by atoms with E-state index in [9.17, 15) is 13.5 Å². The van der Waals surface area contributed by atoms with Gasteiger partial charge in [-0.3, -0.25) is 0 Å². The molecule has 0 saturated heterocycles. The molecule has 18 heavy (non-hydrogen) atoms. The predicted molar refractivity (Wildman–Crippen MR) is 69.4 cm³/mol. The molecule has 1 aromatic rings. The van der Waals surface area contributed by atoms with E-state index in [1.807, 2.05) is 6.92 Å². The summed E-state index contributed by atoms with van der Waals surface area (Å²) in [6, 6.07) is 2.79. The zero-order chi connectivity index (χ0) is 13.8. The monoisotopic (exact) mass is 273 g/mol. The molecule has 1 rings (SSSR count). The molecule has 0 aliphatic heterocycles. The molecule has 102 valence electrons. The minimum absolute atomic E-state index is 0.0315. The van der Waals surface area contributed by atoms with Crippen LogP contribution in [0.1, 0.15) is 26.7 Å². The molecular formula is C11H19N3O3S. The van der Waals surface area contributed by atoms with E-state index >= 15 is 0 Å². The van der Waals surface area contributed by atoms with Gasteiger partial charge in [-0.2, -0.15) is 0 Å². The number of pyridine rings is 1. The van der Waals surface area contributed by atoms with Crippen molar-refractivity contribution >= 4 is 15.8 Å². The quantitative estimate of drug-likeness (QED) is 0.699. The highest BCUT2D eigenvalue weighted by molar-refractivity contribution is 7.89. The van der Waals surface area contributed by atoms with Crippen LogP contribution < -0.4 is 10.5 Å². The summed E-state index contributed by atoms with van der Waals surface area (Å²) in [6.07, 6.45) is 2.49. The minimum Gasteiger partial charge on any atom is -0.389 e. The first-order chi connectivity index (χ1) is 8.27. The summed E-state index contributed by atoms with van der Waals surface area (Å²) in [5.41, 5.74) is 4.33. The van der Waals surface area contributed by atoms with Gasteiger partial charge >= 0.3 is 0 Å². The number of nitrogens with two attached hydrogens (primary N) is 1. The highest BCUT2D eigenvalue weighted by Crippen LogP contribution is 2.13. The Morgan fingerprint density at radius 2 is 2.17 bits per heavy atom. The lowest BCUT2D eigenvalue weighted by atomic mass is 10.0. The molecule has 1 atom stereocenters. The second-order valence-corrected chi connectivity index (χ2v) is 6.26. The maximum absolute atomic E-state index is 11.9. The van der Waals surface area contributed by atoms with E-state index < -0.39 is 15.6 Å². The number of hydrogen-bond acceptors (Lipinski definition) is 5. The van der Waals surface area contributed by atoms with Gasteiger partial charge in [-0.05, 0) is 25.5 Å². The van der Waals surface area contributed by atoms with Crippen molar-refractivity contribution in [3.63, 3.8) is 0 Å². The fourth-order valence-electron chi connectivity index (χ4n) is 1.51. The molecule has 0 aliphatic rings. The van der Waals surface area contributed by atoms with Crippen LogP contribution in [0.3, 0.4) is 0 Å². The van der Waals surface area contributed by atoms with Crippen LogP contribution in [0.5, 0.6) is 0 Å². The smallest absolute Gasteiger partial charge is 0.242 e. The maximum Gasteiger partial charge on any atom is 0.242 e. The van der Waals surface area contributed by atoms with Crippen molar-refractivity contribution in [2.75, 3.05) is 12.3 Å². The van der Waals surface area contributed by atoms with Gasteiger partial charge in [0.05, 0.1) is 5.60 Å². The molecule has 6 nitrogen and oxygen atoms in total. The van der Waals surface area contributed by atoms with Crippen LogP contribution in [-0.2, 0) is 10.0 Å². The highest BCUT2D eigenvalue weighted by Gasteiger charge is 2.23. The predicted octanol–water partition coefficient (Wildman–Crippen LogP) is 0.493. The average Bonchev–Trinajstić information content (AvgIpc) is 2.27.